The van der Waals surface area contributed by atoms with E-state index >= 15 is 0 Å². The number of hydrogen-bond acceptors (Lipinski definition) is 5. The van der Waals surface area contributed by atoms with Gasteiger partial charge in [0, 0.05) is 24.0 Å². The number of rotatable bonds is 4. The standard InChI is InChI=1S/C17H20N4O2/c1-12-11-15(23-2)19-17(18-12)20-16(22)14-9-6-10-21(14)13-7-4-3-5-8-13/h3-5,7-8,11,14H,6,9-10H2,1-2H3,(H,18,19,20,22). The number of nitrogens with one attached hydrogen (secondary N) is 1. The van der Waals surface area contributed by atoms with Crippen molar-refractivity contribution in [3.63, 3.8) is 0 Å². The van der Waals surface area contributed by atoms with E-state index in [4.69, 9.17) is 4.74 Å². The van der Waals surface area contributed by atoms with Crippen molar-refractivity contribution in [2.75, 3.05) is 23.9 Å². The van der Waals surface area contributed by atoms with E-state index in [2.05, 4.69) is 20.2 Å². The molecule has 2 aromatic rings. The monoisotopic (exact) mass is 312 g/mol. The fourth-order valence-electron chi connectivity index (χ4n) is 2.86. The van der Waals surface area contributed by atoms with E-state index in [0.29, 0.717) is 5.88 Å². The molecule has 1 atom stereocenters. The number of aryl methyl sites for hydroxylation is 1. The van der Waals surface area contributed by atoms with Gasteiger partial charge in [0.15, 0.2) is 0 Å². The van der Waals surface area contributed by atoms with Crippen LogP contribution >= 0.6 is 0 Å². The highest BCUT2D eigenvalue weighted by molar-refractivity contribution is 5.96. The molecular formula is C17H20N4O2. The molecule has 23 heavy (non-hydrogen) atoms. The SMILES string of the molecule is COc1cc(C)nc(NC(=O)C2CCCN2c2ccccc2)n1. The molecule has 1 aromatic carbocycles. The van der Waals surface area contributed by atoms with E-state index in [1.54, 1.807) is 13.2 Å². The van der Waals surface area contributed by atoms with Crippen molar-refractivity contribution in [3.8, 4) is 5.88 Å². The Bertz CT molecular complexity index is 690. The lowest BCUT2D eigenvalue weighted by molar-refractivity contribution is -0.117. The Morgan fingerprint density at radius 3 is 2.83 bits per heavy atom. The Morgan fingerprint density at radius 1 is 1.30 bits per heavy atom. The van der Waals surface area contributed by atoms with Crippen molar-refractivity contribution < 1.29 is 9.53 Å². The normalized spacial score (nSPS) is 17.1. The number of carbonyl (C=O) groups is 1. The zero-order valence-electron chi connectivity index (χ0n) is 13.3. The summed E-state index contributed by atoms with van der Waals surface area (Å²) in [7, 11) is 1.54. The fraction of sp³-hybridized carbons (Fsp3) is 0.353. The molecule has 1 amide bonds. The molecule has 1 N–H and O–H groups in total. The third-order valence-electron chi connectivity index (χ3n) is 3.92. The zero-order valence-corrected chi connectivity index (χ0v) is 13.3. The number of nitrogens with zero attached hydrogens (tertiary/aromatic N) is 3. The lowest BCUT2D eigenvalue weighted by Crippen LogP contribution is -2.40. The molecule has 120 valence electrons. The van der Waals surface area contributed by atoms with Crippen LogP contribution in [-0.2, 0) is 4.79 Å². The molecule has 6 nitrogen and oxygen atoms in total. The first-order valence-electron chi connectivity index (χ1n) is 7.69. The van der Waals surface area contributed by atoms with E-state index in [9.17, 15) is 4.79 Å². The molecule has 2 heterocycles. The van der Waals surface area contributed by atoms with Crippen molar-refractivity contribution in [2.45, 2.75) is 25.8 Å². The van der Waals surface area contributed by atoms with Gasteiger partial charge in [-0.2, -0.15) is 4.98 Å². The fourth-order valence-corrected chi connectivity index (χ4v) is 2.86. The topological polar surface area (TPSA) is 67.3 Å². The molecule has 6 heteroatoms. The number of methoxy groups -OCH3 is 1. The Morgan fingerprint density at radius 2 is 2.09 bits per heavy atom. The molecule has 1 fully saturated rings. The van der Waals surface area contributed by atoms with Crippen molar-refractivity contribution in [3.05, 3.63) is 42.1 Å². The van der Waals surface area contributed by atoms with E-state index < -0.39 is 0 Å². The number of para-hydroxylation sites is 1. The van der Waals surface area contributed by atoms with Gasteiger partial charge in [0.25, 0.3) is 0 Å². The van der Waals surface area contributed by atoms with Crippen molar-refractivity contribution in [1.82, 2.24) is 9.97 Å². The highest BCUT2D eigenvalue weighted by atomic mass is 16.5. The summed E-state index contributed by atoms with van der Waals surface area (Å²) in [6, 6.07) is 11.5. The lowest BCUT2D eigenvalue weighted by atomic mass is 10.2. The Kier molecular flexibility index (Phi) is 4.41. The van der Waals surface area contributed by atoms with Crippen LogP contribution in [0.5, 0.6) is 5.88 Å². The summed E-state index contributed by atoms with van der Waals surface area (Å²) in [5, 5.41) is 2.82. The first kappa shape index (κ1) is 15.3. The molecular weight excluding hydrogens is 292 g/mol. The van der Waals surface area contributed by atoms with Crippen LogP contribution in [-0.4, -0.2) is 35.6 Å². The van der Waals surface area contributed by atoms with Gasteiger partial charge in [0.1, 0.15) is 6.04 Å². The second-order valence-corrected chi connectivity index (χ2v) is 5.55. The van der Waals surface area contributed by atoms with Gasteiger partial charge < -0.3 is 9.64 Å². The quantitative estimate of drug-likeness (QED) is 0.939. The number of hydrogen-bond donors (Lipinski definition) is 1. The van der Waals surface area contributed by atoms with Gasteiger partial charge in [-0.1, -0.05) is 18.2 Å². The second kappa shape index (κ2) is 6.64. The molecule has 0 saturated carbocycles. The first-order chi connectivity index (χ1) is 11.2. The average Bonchev–Trinajstić information content (AvgIpc) is 3.05. The minimum absolute atomic E-state index is 0.0843. The number of carbonyl (C=O) groups excluding carboxylic acids is 1. The smallest absolute Gasteiger partial charge is 0.249 e. The largest absolute Gasteiger partial charge is 0.481 e. The van der Waals surface area contributed by atoms with Crippen molar-refractivity contribution in [1.29, 1.82) is 0 Å². The van der Waals surface area contributed by atoms with Crippen molar-refractivity contribution in [2.24, 2.45) is 0 Å². The number of anilines is 2. The Labute approximate surface area is 135 Å². The zero-order chi connectivity index (χ0) is 16.2. The number of ether oxygens (including phenoxy) is 1. The minimum atomic E-state index is -0.201. The molecule has 1 aliphatic heterocycles. The van der Waals surface area contributed by atoms with E-state index in [-0.39, 0.29) is 17.9 Å². The van der Waals surface area contributed by atoms with Gasteiger partial charge in [-0.05, 0) is 31.9 Å². The summed E-state index contributed by atoms with van der Waals surface area (Å²) >= 11 is 0. The molecule has 0 radical (unpaired) electrons. The van der Waals surface area contributed by atoms with Gasteiger partial charge in [-0.15, -0.1) is 0 Å². The Hall–Kier alpha value is -2.63. The van der Waals surface area contributed by atoms with Gasteiger partial charge in [0.2, 0.25) is 17.7 Å². The molecule has 0 bridgehead atoms. The summed E-state index contributed by atoms with van der Waals surface area (Å²) < 4.78 is 5.12. The Balaban J connectivity index is 1.76. The van der Waals surface area contributed by atoms with Crippen LogP contribution in [0.3, 0.4) is 0 Å². The van der Waals surface area contributed by atoms with E-state index in [0.717, 1.165) is 30.8 Å². The first-order valence-corrected chi connectivity index (χ1v) is 7.69. The minimum Gasteiger partial charge on any atom is -0.481 e. The van der Waals surface area contributed by atoms with Crippen LogP contribution in [0.25, 0.3) is 0 Å². The van der Waals surface area contributed by atoms with Crippen molar-refractivity contribution >= 4 is 17.5 Å². The number of amides is 1. The maximum Gasteiger partial charge on any atom is 0.249 e. The average molecular weight is 312 g/mol. The van der Waals surface area contributed by atoms with Crippen LogP contribution in [0, 0.1) is 6.92 Å². The predicted octanol–water partition coefficient (Wildman–Crippen LogP) is 2.40. The van der Waals surface area contributed by atoms with Crippen LogP contribution in [0.15, 0.2) is 36.4 Å². The maximum absolute atomic E-state index is 12.6. The summed E-state index contributed by atoms with van der Waals surface area (Å²) in [5.41, 5.74) is 1.81. The summed E-state index contributed by atoms with van der Waals surface area (Å²) in [6.07, 6.45) is 1.81. The van der Waals surface area contributed by atoms with E-state index in [1.165, 1.54) is 0 Å². The van der Waals surface area contributed by atoms with Crippen LogP contribution in [0.1, 0.15) is 18.5 Å². The number of aromatic nitrogens is 2. The van der Waals surface area contributed by atoms with Gasteiger partial charge in [-0.3, -0.25) is 10.1 Å². The third-order valence-corrected chi connectivity index (χ3v) is 3.92. The molecule has 0 spiro atoms. The molecule has 1 saturated heterocycles. The number of benzene rings is 1. The highest BCUT2D eigenvalue weighted by Gasteiger charge is 2.31. The second-order valence-electron chi connectivity index (χ2n) is 5.55. The lowest BCUT2D eigenvalue weighted by Gasteiger charge is -2.25. The third kappa shape index (κ3) is 3.41. The van der Waals surface area contributed by atoms with Crippen LogP contribution < -0.4 is 15.0 Å². The van der Waals surface area contributed by atoms with Gasteiger partial charge in [0.05, 0.1) is 7.11 Å². The summed E-state index contributed by atoms with van der Waals surface area (Å²) in [4.78, 5) is 23.2. The predicted molar refractivity (Wildman–Crippen MR) is 88.8 cm³/mol. The molecule has 3 rings (SSSR count). The van der Waals surface area contributed by atoms with Gasteiger partial charge >= 0.3 is 0 Å². The molecule has 1 unspecified atom stereocenters. The van der Waals surface area contributed by atoms with Gasteiger partial charge in [-0.25, -0.2) is 4.98 Å². The van der Waals surface area contributed by atoms with Crippen LogP contribution in [0.4, 0.5) is 11.6 Å². The molecule has 1 aromatic heterocycles. The van der Waals surface area contributed by atoms with E-state index in [1.807, 2.05) is 37.3 Å². The van der Waals surface area contributed by atoms with Crippen LogP contribution in [0.2, 0.25) is 0 Å². The summed E-state index contributed by atoms with van der Waals surface area (Å²) in [5.74, 6) is 0.643. The molecule has 0 aliphatic carbocycles. The maximum atomic E-state index is 12.6. The summed E-state index contributed by atoms with van der Waals surface area (Å²) in [6.45, 7) is 2.71. The highest BCUT2D eigenvalue weighted by Crippen LogP contribution is 2.26. The molecule has 1 aliphatic rings.